The van der Waals surface area contributed by atoms with Crippen LogP contribution in [0.5, 0.6) is 0 Å². The van der Waals surface area contributed by atoms with Gasteiger partial charge in [-0.1, -0.05) is 0 Å². The lowest BCUT2D eigenvalue weighted by Gasteiger charge is -2.26. The molecule has 1 aliphatic rings. The molecule has 1 aromatic heterocycles. The molecular weight excluding hydrogens is 274 g/mol. The average molecular weight is 290 g/mol. The van der Waals surface area contributed by atoms with Gasteiger partial charge in [0.2, 0.25) is 0 Å². The maximum Gasteiger partial charge on any atom is 0.0911 e. The molecule has 2 heterocycles. The van der Waals surface area contributed by atoms with Gasteiger partial charge in [0.15, 0.2) is 0 Å². The summed E-state index contributed by atoms with van der Waals surface area (Å²) in [6.07, 6.45) is 1.88. The third-order valence-corrected chi connectivity index (χ3v) is 5.21. The molecule has 2 N–H and O–H groups in total. The molecule has 0 bridgehead atoms. The van der Waals surface area contributed by atoms with E-state index in [0.717, 1.165) is 34.6 Å². The average Bonchev–Trinajstić information content (AvgIpc) is 2.59. The fourth-order valence-corrected chi connectivity index (χ4v) is 3.67. The maximum absolute atomic E-state index is 10.2. The van der Waals surface area contributed by atoms with Crippen molar-refractivity contribution in [3.63, 3.8) is 0 Å². The summed E-state index contributed by atoms with van der Waals surface area (Å²) in [6.45, 7) is 4.14. The first-order valence-electron chi connectivity index (χ1n) is 5.33. The van der Waals surface area contributed by atoms with Gasteiger partial charge in [0.1, 0.15) is 0 Å². The highest BCUT2D eigenvalue weighted by Gasteiger charge is 2.24. The van der Waals surface area contributed by atoms with Crippen LogP contribution in [0.3, 0.4) is 0 Å². The summed E-state index contributed by atoms with van der Waals surface area (Å²) >= 11 is 5.17. The normalized spacial score (nSPS) is 20.5. The van der Waals surface area contributed by atoms with Crippen molar-refractivity contribution in [2.24, 2.45) is 5.92 Å². The molecule has 0 aromatic carbocycles. The molecule has 15 heavy (non-hydrogen) atoms. The van der Waals surface area contributed by atoms with E-state index in [1.807, 2.05) is 0 Å². The molecule has 1 aromatic rings. The molecule has 1 fully saturated rings. The molecule has 1 saturated heterocycles. The van der Waals surface area contributed by atoms with Gasteiger partial charge in [0.05, 0.1) is 9.89 Å². The molecular formula is C11H16BrNOS. The van der Waals surface area contributed by atoms with Crippen LogP contribution in [0.25, 0.3) is 0 Å². The highest BCUT2D eigenvalue weighted by molar-refractivity contribution is 9.11. The van der Waals surface area contributed by atoms with Crippen molar-refractivity contribution in [3.05, 3.63) is 20.3 Å². The Balaban J connectivity index is 2.08. The van der Waals surface area contributed by atoms with Crippen molar-refractivity contribution in [2.75, 3.05) is 13.1 Å². The number of piperidine rings is 1. The van der Waals surface area contributed by atoms with Gasteiger partial charge in [-0.2, -0.15) is 0 Å². The predicted octanol–water partition coefficient (Wildman–Crippen LogP) is 2.85. The highest BCUT2D eigenvalue weighted by atomic mass is 79.9. The van der Waals surface area contributed by atoms with E-state index in [1.165, 1.54) is 5.56 Å². The van der Waals surface area contributed by atoms with Crippen LogP contribution in [0.2, 0.25) is 0 Å². The Hall–Kier alpha value is 0.100. The number of aliphatic hydroxyl groups is 1. The molecule has 4 heteroatoms. The molecule has 0 amide bonds. The van der Waals surface area contributed by atoms with E-state index in [0.29, 0.717) is 5.92 Å². The van der Waals surface area contributed by atoms with Gasteiger partial charge in [-0.05, 0) is 66.3 Å². The van der Waals surface area contributed by atoms with Crippen LogP contribution >= 0.6 is 27.3 Å². The number of aryl methyl sites for hydroxylation is 1. The largest absolute Gasteiger partial charge is 0.387 e. The number of halogens is 1. The molecule has 1 aliphatic heterocycles. The number of hydrogen-bond acceptors (Lipinski definition) is 3. The van der Waals surface area contributed by atoms with E-state index >= 15 is 0 Å². The molecule has 0 spiro atoms. The Morgan fingerprint density at radius 3 is 2.73 bits per heavy atom. The third-order valence-electron chi connectivity index (χ3n) is 3.00. The molecule has 0 radical (unpaired) electrons. The van der Waals surface area contributed by atoms with Crippen LogP contribution in [0.4, 0.5) is 0 Å². The van der Waals surface area contributed by atoms with Crippen LogP contribution in [-0.4, -0.2) is 18.2 Å². The SMILES string of the molecule is Cc1cc(C(O)C2CCNCC2)sc1Br. The first kappa shape index (κ1) is 11.6. The molecule has 1 unspecified atom stereocenters. The second kappa shape index (κ2) is 4.95. The second-order valence-corrected chi connectivity index (χ2v) is 6.54. The zero-order valence-corrected chi connectivity index (χ0v) is 11.2. The summed E-state index contributed by atoms with van der Waals surface area (Å²) < 4.78 is 1.14. The number of thiophene rings is 1. The van der Waals surface area contributed by atoms with Gasteiger partial charge in [-0.15, -0.1) is 11.3 Å². The number of hydrogen-bond donors (Lipinski definition) is 2. The lowest BCUT2D eigenvalue weighted by molar-refractivity contribution is 0.0920. The fourth-order valence-electron chi connectivity index (χ4n) is 2.02. The van der Waals surface area contributed by atoms with Gasteiger partial charge >= 0.3 is 0 Å². The van der Waals surface area contributed by atoms with Crippen molar-refractivity contribution < 1.29 is 5.11 Å². The van der Waals surface area contributed by atoms with Crippen molar-refractivity contribution in [2.45, 2.75) is 25.9 Å². The van der Waals surface area contributed by atoms with E-state index in [4.69, 9.17) is 0 Å². The Morgan fingerprint density at radius 2 is 2.20 bits per heavy atom. The van der Waals surface area contributed by atoms with Crippen LogP contribution in [0.15, 0.2) is 9.85 Å². The van der Waals surface area contributed by atoms with E-state index in [1.54, 1.807) is 11.3 Å². The topological polar surface area (TPSA) is 32.3 Å². The zero-order chi connectivity index (χ0) is 10.8. The first-order valence-corrected chi connectivity index (χ1v) is 6.94. The van der Waals surface area contributed by atoms with E-state index in [2.05, 4.69) is 34.2 Å². The van der Waals surface area contributed by atoms with E-state index in [9.17, 15) is 5.11 Å². The summed E-state index contributed by atoms with van der Waals surface area (Å²) in [6, 6.07) is 2.10. The van der Waals surface area contributed by atoms with Crippen molar-refractivity contribution >= 4 is 27.3 Å². The van der Waals surface area contributed by atoms with Gasteiger partial charge in [-0.25, -0.2) is 0 Å². The van der Waals surface area contributed by atoms with Gasteiger partial charge < -0.3 is 10.4 Å². The Kier molecular flexibility index (Phi) is 3.83. The lowest BCUT2D eigenvalue weighted by Crippen LogP contribution is -2.30. The summed E-state index contributed by atoms with van der Waals surface area (Å²) in [5, 5.41) is 13.6. The second-order valence-electron chi connectivity index (χ2n) is 4.14. The summed E-state index contributed by atoms with van der Waals surface area (Å²) in [7, 11) is 0. The quantitative estimate of drug-likeness (QED) is 0.878. The lowest BCUT2D eigenvalue weighted by atomic mass is 9.91. The Morgan fingerprint density at radius 1 is 1.53 bits per heavy atom. The minimum atomic E-state index is -0.276. The third kappa shape index (κ3) is 2.61. The number of aliphatic hydroxyl groups excluding tert-OH is 1. The molecule has 0 saturated carbocycles. The van der Waals surface area contributed by atoms with E-state index in [-0.39, 0.29) is 6.10 Å². The first-order chi connectivity index (χ1) is 7.18. The molecule has 1 atom stereocenters. The molecule has 2 rings (SSSR count). The summed E-state index contributed by atoms with van der Waals surface area (Å²) in [4.78, 5) is 1.10. The van der Waals surface area contributed by atoms with Crippen LogP contribution in [-0.2, 0) is 0 Å². The standard InChI is InChI=1S/C11H16BrNOS/c1-7-6-9(15-11(7)12)10(14)8-2-4-13-5-3-8/h6,8,10,13-14H,2-5H2,1H3. The van der Waals surface area contributed by atoms with Gasteiger partial charge in [-0.3, -0.25) is 0 Å². The molecule has 0 aliphatic carbocycles. The van der Waals surface area contributed by atoms with Gasteiger partial charge in [0.25, 0.3) is 0 Å². The summed E-state index contributed by atoms with van der Waals surface area (Å²) in [5.41, 5.74) is 1.22. The van der Waals surface area contributed by atoms with Crippen LogP contribution in [0, 0.1) is 12.8 Å². The van der Waals surface area contributed by atoms with E-state index < -0.39 is 0 Å². The molecule has 2 nitrogen and oxygen atoms in total. The van der Waals surface area contributed by atoms with Crippen molar-refractivity contribution in [1.29, 1.82) is 0 Å². The van der Waals surface area contributed by atoms with Gasteiger partial charge in [0, 0.05) is 4.88 Å². The van der Waals surface area contributed by atoms with Crippen LogP contribution in [0.1, 0.15) is 29.4 Å². The minimum absolute atomic E-state index is 0.276. The monoisotopic (exact) mass is 289 g/mol. The fraction of sp³-hybridized carbons (Fsp3) is 0.636. The smallest absolute Gasteiger partial charge is 0.0911 e. The highest BCUT2D eigenvalue weighted by Crippen LogP contribution is 2.36. The van der Waals surface area contributed by atoms with Crippen molar-refractivity contribution in [3.8, 4) is 0 Å². The minimum Gasteiger partial charge on any atom is -0.387 e. The van der Waals surface area contributed by atoms with Crippen LogP contribution < -0.4 is 5.32 Å². The van der Waals surface area contributed by atoms with Crippen molar-refractivity contribution in [1.82, 2.24) is 5.32 Å². The number of nitrogens with one attached hydrogen (secondary N) is 1. The Bertz CT molecular complexity index is 314. The Labute approximate surface area is 103 Å². The zero-order valence-electron chi connectivity index (χ0n) is 8.79. The summed E-state index contributed by atoms with van der Waals surface area (Å²) in [5.74, 6) is 0.427. The maximum atomic E-state index is 10.2. The predicted molar refractivity (Wildman–Crippen MR) is 67.3 cm³/mol. The number of rotatable bonds is 2. The molecule has 84 valence electrons.